The summed E-state index contributed by atoms with van der Waals surface area (Å²) in [4.78, 5) is 16.8. The van der Waals surface area contributed by atoms with Gasteiger partial charge in [0.05, 0.1) is 12.0 Å². The molecule has 7 nitrogen and oxygen atoms in total. The number of benzene rings is 1. The monoisotopic (exact) mass is 391 g/mol. The molecule has 2 aromatic rings. The van der Waals surface area contributed by atoms with Crippen LogP contribution in [0, 0.1) is 5.92 Å². The fraction of sp³-hybridized carbons (Fsp3) is 0.368. The molecule has 0 spiro atoms. The summed E-state index contributed by atoms with van der Waals surface area (Å²) < 4.78 is 32.7. The second-order valence-electron chi connectivity index (χ2n) is 6.38. The maximum Gasteiger partial charge on any atom is 0.241 e. The van der Waals surface area contributed by atoms with Crippen LogP contribution in [0.4, 0.5) is 0 Å². The van der Waals surface area contributed by atoms with E-state index in [1.807, 2.05) is 18.2 Å². The first-order valence-corrected chi connectivity index (χ1v) is 10.2. The van der Waals surface area contributed by atoms with Gasteiger partial charge in [0, 0.05) is 24.9 Å². The number of sulfonamides is 1. The molecule has 0 aliphatic heterocycles. The third kappa shape index (κ3) is 6.04. The Morgan fingerprint density at radius 3 is 2.41 bits per heavy atom. The Morgan fingerprint density at radius 1 is 1.15 bits per heavy atom. The molecule has 27 heavy (non-hydrogen) atoms. The van der Waals surface area contributed by atoms with Crippen LogP contribution in [0.5, 0.6) is 5.75 Å². The highest BCUT2D eigenvalue weighted by molar-refractivity contribution is 7.89. The number of rotatable bonds is 9. The molecule has 0 saturated carbocycles. The lowest BCUT2D eigenvalue weighted by Crippen LogP contribution is -2.49. The third-order valence-corrected chi connectivity index (χ3v) is 5.46. The van der Waals surface area contributed by atoms with Crippen molar-refractivity contribution in [3.05, 3.63) is 54.4 Å². The number of ether oxygens (including phenoxy) is 1. The van der Waals surface area contributed by atoms with Gasteiger partial charge in [0.25, 0.3) is 0 Å². The fourth-order valence-corrected chi connectivity index (χ4v) is 3.80. The van der Waals surface area contributed by atoms with E-state index in [4.69, 9.17) is 4.74 Å². The number of methoxy groups -OCH3 is 1. The van der Waals surface area contributed by atoms with Crippen molar-refractivity contribution >= 4 is 15.9 Å². The number of carbonyl (C=O) groups excluding carboxylic acids is 1. The van der Waals surface area contributed by atoms with Crippen molar-refractivity contribution in [3.63, 3.8) is 0 Å². The molecular weight excluding hydrogens is 366 g/mol. The first-order chi connectivity index (χ1) is 12.8. The predicted molar refractivity (Wildman–Crippen MR) is 103 cm³/mol. The number of aromatic nitrogens is 1. The Bertz CT molecular complexity index is 837. The lowest BCUT2D eigenvalue weighted by molar-refractivity contribution is -0.123. The number of nitrogens with one attached hydrogen (secondary N) is 2. The summed E-state index contributed by atoms with van der Waals surface area (Å²) in [6, 6.07) is 10.7. The molecule has 0 aliphatic carbocycles. The van der Waals surface area contributed by atoms with Crippen molar-refractivity contribution in [2.75, 3.05) is 13.7 Å². The number of hydrogen-bond acceptors (Lipinski definition) is 5. The van der Waals surface area contributed by atoms with E-state index in [1.165, 1.54) is 19.2 Å². The largest absolute Gasteiger partial charge is 0.497 e. The zero-order chi connectivity index (χ0) is 19.9. The summed E-state index contributed by atoms with van der Waals surface area (Å²) in [5, 5.41) is 2.78. The van der Waals surface area contributed by atoms with Crippen molar-refractivity contribution < 1.29 is 17.9 Å². The molecule has 0 radical (unpaired) electrons. The molecule has 146 valence electrons. The van der Waals surface area contributed by atoms with Crippen molar-refractivity contribution in [2.24, 2.45) is 5.92 Å². The van der Waals surface area contributed by atoms with Crippen LogP contribution in [0.2, 0.25) is 0 Å². The minimum Gasteiger partial charge on any atom is -0.497 e. The minimum atomic E-state index is -3.83. The van der Waals surface area contributed by atoms with Crippen LogP contribution in [0.25, 0.3) is 0 Å². The summed E-state index contributed by atoms with van der Waals surface area (Å²) >= 11 is 0. The average Bonchev–Trinajstić information content (AvgIpc) is 2.66. The molecular formula is C19H25N3O4S. The topological polar surface area (TPSA) is 97.4 Å². The van der Waals surface area contributed by atoms with Crippen LogP contribution in [-0.4, -0.2) is 39.0 Å². The molecule has 0 aliphatic rings. The highest BCUT2D eigenvalue weighted by Gasteiger charge is 2.28. The first kappa shape index (κ1) is 20.9. The number of hydrogen-bond donors (Lipinski definition) is 2. The highest BCUT2D eigenvalue weighted by Crippen LogP contribution is 2.16. The average molecular weight is 391 g/mol. The maximum atomic E-state index is 12.6. The minimum absolute atomic E-state index is 0.0789. The van der Waals surface area contributed by atoms with Crippen LogP contribution < -0.4 is 14.8 Å². The van der Waals surface area contributed by atoms with E-state index in [9.17, 15) is 13.2 Å². The predicted octanol–water partition coefficient (Wildman–Crippen LogP) is 1.75. The summed E-state index contributed by atoms with van der Waals surface area (Å²) in [5.74, 6) is -0.0208. The van der Waals surface area contributed by atoms with Crippen molar-refractivity contribution in [1.82, 2.24) is 15.0 Å². The molecule has 1 aromatic carbocycles. The molecule has 0 saturated heterocycles. The van der Waals surface area contributed by atoms with Crippen molar-refractivity contribution in [3.8, 4) is 5.75 Å². The Balaban J connectivity index is 2.01. The number of nitrogens with zero attached hydrogens (tertiary/aromatic N) is 1. The lowest BCUT2D eigenvalue weighted by Gasteiger charge is -2.21. The van der Waals surface area contributed by atoms with Crippen LogP contribution in [0.3, 0.4) is 0 Å². The van der Waals surface area contributed by atoms with Gasteiger partial charge in [0.2, 0.25) is 15.9 Å². The molecule has 0 fully saturated rings. The third-order valence-electron chi connectivity index (χ3n) is 4.01. The summed E-state index contributed by atoms with van der Waals surface area (Å²) in [6.07, 6.45) is 2.26. The van der Waals surface area contributed by atoms with Gasteiger partial charge in [-0.15, -0.1) is 0 Å². The lowest BCUT2D eigenvalue weighted by atomic mass is 10.1. The van der Waals surface area contributed by atoms with Crippen LogP contribution in [0.15, 0.2) is 53.6 Å². The second-order valence-corrected chi connectivity index (χ2v) is 8.09. The van der Waals surface area contributed by atoms with Crippen LogP contribution >= 0.6 is 0 Å². The van der Waals surface area contributed by atoms with E-state index in [1.54, 1.807) is 32.2 Å². The van der Waals surface area contributed by atoms with Gasteiger partial charge in [-0.25, -0.2) is 8.42 Å². The number of amides is 1. The van der Waals surface area contributed by atoms with Crippen molar-refractivity contribution in [2.45, 2.75) is 31.2 Å². The van der Waals surface area contributed by atoms with E-state index in [0.717, 1.165) is 5.69 Å². The SMILES string of the molecule is COc1ccc(S(=O)(=O)N[C@@H](C(=O)NCCc2ccccn2)C(C)C)cc1. The fourth-order valence-electron chi connectivity index (χ4n) is 2.45. The molecule has 1 heterocycles. The molecule has 2 N–H and O–H groups in total. The standard InChI is InChI=1S/C19H25N3O4S/c1-14(2)18(19(23)21-13-11-15-6-4-5-12-20-15)22-27(24,25)17-9-7-16(26-3)8-10-17/h4-10,12,14,18,22H,11,13H2,1-3H3,(H,21,23)/t18-/m1/s1. The quantitative estimate of drug-likeness (QED) is 0.679. The molecule has 2 rings (SSSR count). The van der Waals surface area contributed by atoms with Gasteiger partial charge in [-0.05, 0) is 42.3 Å². The van der Waals surface area contributed by atoms with Gasteiger partial charge in [-0.3, -0.25) is 9.78 Å². The summed E-state index contributed by atoms with van der Waals surface area (Å²) in [7, 11) is -2.32. The van der Waals surface area contributed by atoms with Crippen LogP contribution in [0.1, 0.15) is 19.5 Å². The second kappa shape index (κ2) is 9.48. The Labute approximate surface area is 160 Å². The zero-order valence-electron chi connectivity index (χ0n) is 15.7. The number of pyridine rings is 1. The molecule has 1 atom stereocenters. The molecule has 0 bridgehead atoms. The van der Waals surface area contributed by atoms with Crippen LogP contribution in [-0.2, 0) is 21.2 Å². The molecule has 1 amide bonds. The number of carbonyl (C=O) groups is 1. The molecule has 1 aromatic heterocycles. The van der Waals surface area contributed by atoms with Gasteiger partial charge in [-0.2, -0.15) is 4.72 Å². The Morgan fingerprint density at radius 2 is 1.85 bits per heavy atom. The molecule has 0 unspecified atom stereocenters. The van der Waals surface area contributed by atoms with E-state index < -0.39 is 16.1 Å². The van der Waals surface area contributed by atoms with Gasteiger partial charge < -0.3 is 10.1 Å². The summed E-state index contributed by atoms with van der Waals surface area (Å²) in [5.41, 5.74) is 0.859. The summed E-state index contributed by atoms with van der Waals surface area (Å²) in [6.45, 7) is 3.96. The van der Waals surface area contributed by atoms with Gasteiger partial charge in [-0.1, -0.05) is 19.9 Å². The first-order valence-electron chi connectivity index (χ1n) is 8.67. The van der Waals surface area contributed by atoms with Crippen molar-refractivity contribution in [1.29, 1.82) is 0 Å². The Kier molecular flexibility index (Phi) is 7.32. The van der Waals surface area contributed by atoms with E-state index >= 15 is 0 Å². The zero-order valence-corrected chi connectivity index (χ0v) is 16.5. The van der Waals surface area contributed by atoms with Gasteiger partial charge in [0.1, 0.15) is 11.8 Å². The van der Waals surface area contributed by atoms with Gasteiger partial charge in [0.15, 0.2) is 0 Å². The van der Waals surface area contributed by atoms with E-state index in [2.05, 4.69) is 15.0 Å². The Hall–Kier alpha value is -2.45. The highest BCUT2D eigenvalue weighted by atomic mass is 32.2. The maximum absolute atomic E-state index is 12.6. The van der Waals surface area contributed by atoms with E-state index in [-0.39, 0.29) is 16.7 Å². The van der Waals surface area contributed by atoms with E-state index in [0.29, 0.717) is 18.7 Å². The molecule has 8 heteroatoms. The smallest absolute Gasteiger partial charge is 0.241 e. The van der Waals surface area contributed by atoms with Gasteiger partial charge >= 0.3 is 0 Å². The normalized spacial score (nSPS) is 12.6.